The molecule has 0 aliphatic carbocycles. The molecular weight excluding hydrogens is 284 g/mol. The largest absolute Gasteiger partial charge is 0.315 e. The van der Waals surface area contributed by atoms with E-state index in [1.165, 1.54) is 11.3 Å². The first kappa shape index (κ1) is 10.4. The normalized spacial score (nSPS) is 16.1. The smallest absolute Gasteiger partial charge is 0.123 e. The number of hydrogen-bond donors (Lipinski definition) is 1. The zero-order valence-electron chi connectivity index (χ0n) is 8.61. The van der Waals surface area contributed by atoms with Crippen molar-refractivity contribution in [2.45, 2.75) is 5.92 Å². The van der Waals surface area contributed by atoms with Crippen LogP contribution in [0.15, 0.2) is 34.1 Å². The van der Waals surface area contributed by atoms with E-state index in [1.54, 1.807) is 11.3 Å². The minimum Gasteiger partial charge on any atom is -0.315 e. The number of thiazole rings is 1. The maximum Gasteiger partial charge on any atom is 0.123 e. The highest BCUT2D eigenvalue weighted by Gasteiger charge is 2.21. The van der Waals surface area contributed by atoms with Gasteiger partial charge in [-0.2, -0.15) is 0 Å². The van der Waals surface area contributed by atoms with E-state index in [9.17, 15) is 0 Å². The molecule has 0 radical (unpaired) electrons. The maximum absolute atomic E-state index is 4.70. The van der Waals surface area contributed by atoms with Crippen LogP contribution in [0.4, 0.5) is 0 Å². The lowest BCUT2D eigenvalue weighted by molar-refractivity contribution is 0.441. The number of nitrogens with zero attached hydrogens (tertiary/aromatic N) is 1. The van der Waals surface area contributed by atoms with E-state index in [2.05, 4.69) is 38.8 Å². The summed E-state index contributed by atoms with van der Waals surface area (Å²) in [6, 6.07) is 8.30. The maximum atomic E-state index is 4.70. The molecule has 1 saturated heterocycles. The van der Waals surface area contributed by atoms with Gasteiger partial charge in [0.2, 0.25) is 0 Å². The zero-order chi connectivity index (χ0) is 11.0. The summed E-state index contributed by atoms with van der Waals surface area (Å²) in [5.74, 6) is 0.622. The molecule has 1 fully saturated rings. The van der Waals surface area contributed by atoms with Crippen LogP contribution in [0.3, 0.4) is 0 Å². The van der Waals surface area contributed by atoms with Gasteiger partial charge in [0, 0.05) is 34.4 Å². The second-order valence-corrected chi connectivity index (χ2v) is 5.72. The summed E-state index contributed by atoms with van der Waals surface area (Å²) in [5, 5.41) is 6.57. The van der Waals surface area contributed by atoms with Gasteiger partial charge < -0.3 is 5.32 Å². The number of halogens is 1. The Morgan fingerprint density at radius 3 is 2.94 bits per heavy atom. The third-order valence-corrected chi connectivity index (χ3v) is 4.20. The van der Waals surface area contributed by atoms with Gasteiger partial charge in [-0.25, -0.2) is 4.98 Å². The van der Waals surface area contributed by atoms with Crippen molar-refractivity contribution >= 4 is 27.3 Å². The van der Waals surface area contributed by atoms with Gasteiger partial charge >= 0.3 is 0 Å². The molecule has 2 heterocycles. The minimum atomic E-state index is 0.622. The molecular formula is C12H11BrN2S. The van der Waals surface area contributed by atoms with E-state index in [0.29, 0.717) is 5.92 Å². The first-order valence-electron chi connectivity index (χ1n) is 5.25. The van der Waals surface area contributed by atoms with Crippen LogP contribution < -0.4 is 5.32 Å². The molecule has 1 aromatic heterocycles. The van der Waals surface area contributed by atoms with Gasteiger partial charge in [0.15, 0.2) is 0 Å². The Labute approximate surface area is 107 Å². The monoisotopic (exact) mass is 294 g/mol. The van der Waals surface area contributed by atoms with E-state index < -0.39 is 0 Å². The van der Waals surface area contributed by atoms with E-state index in [0.717, 1.165) is 22.6 Å². The Morgan fingerprint density at radius 2 is 2.25 bits per heavy atom. The average molecular weight is 295 g/mol. The van der Waals surface area contributed by atoms with Crippen molar-refractivity contribution < 1.29 is 0 Å². The fraction of sp³-hybridized carbons (Fsp3) is 0.250. The summed E-state index contributed by atoms with van der Waals surface area (Å²) in [4.78, 5) is 4.70. The van der Waals surface area contributed by atoms with Crippen LogP contribution in [0.1, 0.15) is 11.6 Å². The van der Waals surface area contributed by atoms with Gasteiger partial charge in [-0.3, -0.25) is 0 Å². The predicted octanol–water partition coefficient (Wildman–Crippen LogP) is 3.26. The molecule has 2 aromatic rings. The van der Waals surface area contributed by atoms with Crippen LogP contribution in [0.25, 0.3) is 10.6 Å². The molecule has 2 nitrogen and oxygen atoms in total. The molecule has 0 spiro atoms. The third-order valence-electron chi connectivity index (χ3n) is 2.79. The Bertz CT molecular complexity index is 505. The van der Waals surface area contributed by atoms with Crippen LogP contribution in [0.5, 0.6) is 0 Å². The highest BCUT2D eigenvalue weighted by molar-refractivity contribution is 9.10. The van der Waals surface area contributed by atoms with E-state index in [1.807, 2.05) is 12.1 Å². The van der Waals surface area contributed by atoms with Crippen LogP contribution >= 0.6 is 27.3 Å². The van der Waals surface area contributed by atoms with Crippen LogP contribution in [-0.2, 0) is 0 Å². The molecule has 1 aromatic carbocycles. The van der Waals surface area contributed by atoms with Crippen molar-refractivity contribution in [1.29, 1.82) is 0 Å². The standard InChI is InChI=1S/C12H11BrN2S/c13-10-3-1-2-8(4-10)12-15-11(7-16-12)9-5-14-6-9/h1-4,7,9,14H,5-6H2. The van der Waals surface area contributed by atoms with Gasteiger partial charge in [0.1, 0.15) is 5.01 Å². The highest BCUT2D eigenvalue weighted by Crippen LogP contribution is 2.29. The minimum absolute atomic E-state index is 0.622. The number of nitrogens with one attached hydrogen (secondary N) is 1. The van der Waals surface area contributed by atoms with Crippen molar-refractivity contribution in [3.05, 3.63) is 39.8 Å². The quantitative estimate of drug-likeness (QED) is 0.920. The third kappa shape index (κ3) is 1.93. The molecule has 0 saturated carbocycles. The fourth-order valence-electron chi connectivity index (χ4n) is 1.73. The van der Waals surface area contributed by atoms with Crippen molar-refractivity contribution in [2.24, 2.45) is 0 Å². The molecule has 3 rings (SSSR count). The van der Waals surface area contributed by atoms with Crippen molar-refractivity contribution in [3.63, 3.8) is 0 Å². The number of benzene rings is 1. The van der Waals surface area contributed by atoms with Gasteiger partial charge in [-0.1, -0.05) is 28.1 Å². The Balaban J connectivity index is 1.91. The van der Waals surface area contributed by atoms with Crippen LogP contribution in [0, 0.1) is 0 Å². The average Bonchev–Trinajstić information content (AvgIpc) is 2.64. The van der Waals surface area contributed by atoms with E-state index in [-0.39, 0.29) is 0 Å². The second-order valence-electron chi connectivity index (χ2n) is 3.94. The first-order valence-corrected chi connectivity index (χ1v) is 6.92. The molecule has 0 atom stereocenters. The second kappa shape index (κ2) is 4.28. The summed E-state index contributed by atoms with van der Waals surface area (Å²) in [6.45, 7) is 2.14. The summed E-state index contributed by atoms with van der Waals surface area (Å²) >= 11 is 5.22. The molecule has 82 valence electrons. The number of aromatic nitrogens is 1. The zero-order valence-corrected chi connectivity index (χ0v) is 11.0. The molecule has 1 N–H and O–H groups in total. The summed E-state index contributed by atoms with van der Waals surface area (Å²) in [6.07, 6.45) is 0. The summed E-state index contributed by atoms with van der Waals surface area (Å²) in [7, 11) is 0. The number of hydrogen-bond acceptors (Lipinski definition) is 3. The topological polar surface area (TPSA) is 24.9 Å². The van der Waals surface area contributed by atoms with E-state index >= 15 is 0 Å². The predicted molar refractivity (Wildman–Crippen MR) is 70.9 cm³/mol. The lowest BCUT2D eigenvalue weighted by Crippen LogP contribution is -2.40. The molecule has 0 amide bonds. The molecule has 0 bridgehead atoms. The van der Waals surface area contributed by atoms with Crippen LogP contribution in [-0.4, -0.2) is 18.1 Å². The van der Waals surface area contributed by atoms with E-state index in [4.69, 9.17) is 4.98 Å². The van der Waals surface area contributed by atoms with Crippen molar-refractivity contribution in [1.82, 2.24) is 10.3 Å². The lowest BCUT2D eigenvalue weighted by atomic mass is 10.0. The highest BCUT2D eigenvalue weighted by atomic mass is 79.9. The van der Waals surface area contributed by atoms with Gasteiger partial charge in [-0.05, 0) is 12.1 Å². The van der Waals surface area contributed by atoms with Gasteiger partial charge in [0.05, 0.1) is 5.69 Å². The van der Waals surface area contributed by atoms with Gasteiger partial charge in [-0.15, -0.1) is 11.3 Å². The lowest BCUT2D eigenvalue weighted by Gasteiger charge is -2.25. The Morgan fingerprint density at radius 1 is 1.38 bits per heavy atom. The molecule has 1 aliphatic heterocycles. The molecule has 0 unspecified atom stereocenters. The SMILES string of the molecule is Brc1cccc(-c2nc(C3CNC3)cs2)c1. The fourth-order valence-corrected chi connectivity index (χ4v) is 3.02. The van der Waals surface area contributed by atoms with Gasteiger partial charge in [0.25, 0.3) is 0 Å². The number of rotatable bonds is 2. The molecule has 4 heteroatoms. The van der Waals surface area contributed by atoms with Crippen molar-refractivity contribution in [2.75, 3.05) is 13.1 Å². The first-order chi connectivity index (χ1) is 7.83. The van der Waals surface area contributed by atoms with Crippen LogP contribution in [0.2, 0.25) is 0 Å². The molecule has 16 heavy (non-hydrogen) atoms. The van der Waals surface area contributed by atoms with Crippen molar-refractivity contribution in [3.8, 4) is 10.6 Å². The summed E-state index contributed by atoms with van der Waals surface area (Å²) in [5.41, 5.74) is 2.43. The molecule has 1 aliphatic rings. The Hall–Kier alpha value is -0.710. The Kier molecular flexibility index (Phi) is 2.79. The summed E-state index contributed by atoms with van der Waals surface area (Å²) < 4.78 is 1.10.